The van der Waals surface area contributed by atoms with Crippen LogP contribution in [-0.4, -0.2) is 48.0 Å². The first-order valence-electron chi connectivity index (χ1n) is 6.54. The highest BCUT2D eigenvalue weighted by Gasteiger charge is 2.45. The summed E-state index contributed by atoms with van der Waals surface area (Å²) in [5.41, 5.74) is -0.811. The Hall–Kier alpha value is -2.23. The third-order valence-corrected chi connectivity index (χ3v) is 3.25. The van der Waals surface area contributed by atoms with E-state index < -0.39 is 5.54 Å². The fourth-order valence-electron chi connectivity index (χ4n) is 1.82. The first-order valence-corrected chi connectivity index (χ1v) is 6.54. The molecule has 1 saturated heterocycles. The molecule has 0 radical (unpaired) electrons. The Kier molecular flexibility index (Phi) is 5.38. The number of nitrogens with one attached hydrogen (secondary N) is 3. The summed E-state index contributed by atoms with van der Waals surface area (Å²) in [6, 6.07) is -0.741. The predicted octanol–water partition coefficient (Wildman–Crippen LogP) is 0.0294. The summed E-state index contributed by atoms with van der Waals surface area (Å²) in [5.74, 6) is 2.06. The van der Waals surface area contributed by atoms with Crippen molar-refractivity contribution in [1.82, 2.24) is 20.9 Å². The molecule has 1 heterocycles. The maximum atomic E-state index is 12.1. The Morgan fingerprint density at radius 3 is 2.70 bits per heavy atom. The van der Waals surface area contributed by atoms with Gasteiger partial charge in [-0.05, 0) is 19.8 Å². The van der Waals surface area contributed by atoms with Crippen LogP contribution in [0.25, 0.3) is 0 Å². The Bertz CT molecular complexity index is 443. The third-order valence-electron chi connectivity index (χ3n) is 3.25. The minimum absolute atomic E-state index is 0.160. The van der Waals surface area contributed by atoms with Gasteiger partial charge in [-0.2, -0.15) is 0 Å². The zero-order valence-electron chi connectivity index (χ0n) is 11.8. The molecular weight excluding hydrogens is 260 g/mol. The van der Waals surface area contributed by atoms with Gasteiger partial charge in [0.25, 0.3) is 5.91 Å². The summed E-state index contributed by atoms with van der Waals surface area (Å²) < 4.78 is 0. The number of hydrogen-bond donors (Lipinski definition) is 3. The Labute approximate surface area is 118 Å². The molecular formula is C13H20N4O3. The summed E-state index contributed by atoms with van der Waals surface area (Å²) >= 11 is 0. The van der Waals surface area contributed by atoms with E-state index in [1.54, 1.807) is 6.92 Å². The highest BCUT2D eigenvalue weighted by molar-refractivity contribution is 6.06. The molecule has 0 aliphatic carbocycles. The van der Waals surface area contributed by atoms with Crippen molar-refractivity contribution < 1.29 is 14.4 Å². The van der Waals surface area contributed by atoms with Crippen molar-refractivity contribution in [2.24, 2.45) is 0 Å². The summed E-state index contributed by atoms with van der Waals surface area (Å²) in [5, 5.41) is 7.72. The standard InChI is InChI=1S/C13H20N4O3/c1-4-7-14-11(19)15-8-6-9-17-10(18)13(3,5-2)16-12(17)20/h1H,5-9H2,2-3H3,(H,16,20)(H2,14,15,19)/t13-/m0/s1. The molecule has 0 aromatic carbocycles. The van der Waals surface area contributed by atoms with Gasteiger partial charge in [0, 0.05) is 13.1 Å². The van der Waals surface area contributed by atoms with Crippen LogP contribution in [0.1, 0.15) is 26.7 Å². The number of urea groups is 2. The van der Waals surface area contributed by atoms with Crippen molar-refractivity contribution in [2.45, 2.75) is 32.2 Å². The number of nitrogens with zero attached hydrogens (tertiary/aromatic N) is 1. The minimum atomic E-state index is -0.811. The van der Waals surface area contributed by atoms with E-state index in [2.05, 4.69) is 21.9 Å². The zero-order valence-corrected chi connectivity index (χ0v) is 11.8. The van der Waals surface area contributed by atoms with Crippen molar-refractivity contribution >= 4 is 18.0 Å². The van der Waals surface area contributed by atoms with Gasteiger partial charge in [-0.25, -0.2) is 9.59 Å². The largest absolute Gasteiger partial charge is 0.338 e. The first-order chi connectivity index (χ1) is 9.44. The van der Waals surface area contributed by atoms with Crippen molar-refractivity contribution in [1.29, 1.82) is 0 Å². The topological polar surface area (TPSA) is 90.5 Å². The number of terminal acetylenes is 1. The van der Waals surface area contributed by atoms with Crippen LogP contribution in [-0.2, 0) is 4.79 Å². The molecule has 0 aromatic rings. The maximum Gasteiger partial charge on any atom is 0.325 e. The molecule has 3 N–H and O–H groups in total. The molecule has 20 heavy (non-hydrogen) atoms. The molecule has 1 atom stereocenters. The molecule has 0 saturated carbocycles. The molecule has 1 aliphatic heterocycles. The highest BCUT2D eigenvalue weighted by atomic mass is 16.2. The highest BCUT2D eigenvalue weighted by Crippen LogP contribution is 2.20. The van der Waals surface area contributed by atoms with Gasteiger partial charge in [0.05, 0.1) is 6.54 Å². The van der Waals surface area contributed by atoms with Crippen LogP contribution in [0.2, 0.25) is 0 Å². The van der Waals surface area contributed by atoms with Crippen LogP contribution in [0.15, 0.2) is 0 Å². The number of imide groups is 1. The van der Waals surface area contributed by atoms with Crippen molar-refractivity contribution in [3.05, 3.63) is 0 Å². The van der Waals surface area contributed by atoms with Crippen LogP contribution in [0, 0.1) is 12.3 Å². The number of carbonyl (C=O) groups excluding carboxylic acids is 3. The van der Waals surface area contributed by atoms with Crippen LogP contribution in [0.5, 0.6) is 0 Å². The molecule has 0 aromatic heterocycles. The lowest BCUT2D eigenvalue weighted by molar-refractivity contribution is -0.130. The van der Waals surface area contributed by atoms with Gasteiger partial charge in [0.1, 0.15) is 5.54 Å². The quantitative estimate of drug-likeness (QED) is 0.364. The zero-order chi connectivity index (χ0) is 15.2. The molecule has 1 rings (SSSR count). The summed E-state index contributed by atoms with van der Waals surface area (Å²) in [6.07, 6.45) is 6.03. The van der Waals surface area contributed by atoms with E-state index in [9.17, 15) is 14.4 Å². The molecule has 7 heteroatoms. The van der Waals surface area contributed by atoms with Crippen LogP contribution in [0.3, 0.4) is 0 Å². The average Bonchev–Trinajstić information content (AvgIpc) is 2.64. The van der Waals surface area contributed by atoms with Gasteiger partial charge in [-0.1, -0.05) is 12.8 Å². The smallest absolute Gasteiger partial charge is 0.325 e. The van der Waals surface area contributed by atoms with Gasteiger partial charge in [-0.15, -0.1) is 6.42 Å². The second-order valence-electron chi connectivity index (χ2n) is 4.74. The lowest BCUT2D eigenvalue weighted by Gasteiger charge is -2.19. The van der Waals surface area contributed by atoms with E-state index in [1.165, 1.54) is 4.90 Å². The fourth-order valence-corrected chi connectivity index (χ4v) is 1.82. The predicted molar refractivity (Wildman–Crippen MR) is 73.8 cm³/mol. The number of rotatable bonds is 6. The summed E-state index contributed by atoms with van der Waals surface area (Å²) in [7, 11) is 0. The molecule has 0 unspecified atom stereocenters. The van der Waals surface area contributed by atoms with Gasteiger partial charge in [0.15, 0.2) is 0 Å². The van der Waals surface area contributed by atoms with E-state index in [-0.39, 0.29) is 31.1 Å². The van der Waals surface area contributed by atoms with Crippen molar-refractivity contribution in [3.8, 4) is 12.3 Å². The SMILES string of the molecule is C#CCNC(=O)NCCCN1C(=O)N[C@@](C)(CC)C1=O. The lowest BCUT2D eigenvalue weighted by atomic mass is 9.99. The number of hydrogen-bond acceptors (Lipinski definition) is 3. The molecule has 5 amide bonds. The second-order valence-corrected chi connectivity index (χ2v) is 4.74. The van der Waals surface area contributed by atoms with E-state index in [0.29, 0.717) is 19.4 Å². The molecule has 1 fully saturated rings. The Morgan fingerprint density at radius 2 is 2.15 bits per heavy atom. The Morgan fingerprint density at radius 1 is 1.45 bits per heavy atom. The monoisotopic (exact) mass is 280 g/mol. The molecule has 7 nitrogen and oxygen atoms in total. The van der Waals surface area contributed by atoms with Crippen molar-refractivity contribution in [2.75, 3.05) is 19.6 Å². The van der Waals surface area contributed by atoms with Gasteiger partial charge in [-0.3, -0.25) is 9.69 Å². The van der Waals surface area contributed by atoms with E-state index >= 15 is 0 Å². The second kappa shape index (κ2) is 6.80. The molecule has 0 bridgehead atoms. The lowest BCUT2D eigenvalue weighted by Crippen LogP contribution is -2.43. The van der Waals surface area contributed by atoms with Crippen LogP contribution in [0.4, 0.5) is 9.59 Å². The first kappa shape index (κ1) is 15.8. The fraction of sp³-hybridized carbons (Fsp3) is 0.615. The van der Waals surface area contributed by atoms with E-state index in [0.717, 1.165) is 0 Å². The molecule has 1 aliphatic rings. The van der Waals surface area contributed by atoms with Gasteiger partial charge < -0.3 is 16.0 Å². The summed E-state index contributed by atoms with van der Waals surface area (Å²) in [6.45, 7) is 4.34. The normalized spacial score (nSPS) is 21.4. The van der Waals surface area contributed by atoms with Crippen LogP contribution < -0.4 is 16.0 Å². The van der Waals surface area contributed by atoms with E-state index in [4.69, 9.17) is 6.42 Å². The minimum Gasteiger partial charge on any atom is -0.338 e. The number of amides is 5. The van der Waals surface area contributed by atoms with Gasteiger partial charge >= 0.3 is 12.1 Å². The molecule has 110 valence electrons. The van der Waals surface area contributed by atoms with E-state index in [1.807, 2.05) is 6.92 Å². The average molecular weight is 280 g/mol. The Balaban J connectivity index is 2.33. The molecule has 0 spiro atoms. The summed E-state index contributed by atoms with van der Waals surface area (Å²) in [4.78, 5) is 36.1. The number of carbonyl (C=O) groups is 3. The van der Waals surface area contributed by atoms with Crippen LogP contribution >= 0.6 is 0 Å². The van der Waals surface area contributed by atoms with Crippen molar-refractivity contribution in [3.63, 3.8) is 0 Å². The van der Waals surface area contributed by atoms with Gasteiger partial charge in [0.2, 0.25) is 0 Å². The maximum absolute atomic E-state index is 12.1. The third kappa shape index (κ3) is 3.63.